The van der Waals surface area contributed by atoms with E-state index in [4.69, 9.17) is 9.47 Å². The van der Waals surface area contributed by atoms with Crippen molar-refractivity contribution in [3.63, 3.8) is 0 Å². The summed E-state index contributed by atoms with van der Waals surface area (Å²) in [5, 5.41) is 0. The Morgan fingerprint density at radius 2 is 2.25 bits per heavy atom. The van der Waals surface area contributed by atoms with E-state index in [1.807, 2.05) is 25.1 Å². The lowest BCUT2D eigenvalue weighted by atomic mass is 9.98. The summed E-state index contributed by atoms with van der Waals surface area (Å²) in [6.45, 7) is 4.05. The Bertz CT molecular complexity index is 461. The summed E-state index contributed by atoms with van der Waals surface area (Å²) >= 11 is 0. The van der Waals surface area contributed by atoms with Gasteiger partial charge in [0.05, 0.1) is 7.11 Å². The molecule has 1 heterocycles. The summed E-state index contributed by atoms with van der Waals surface area (Å²) in [5.74, 6) is 1.73. The number of likely N-dealkylation sites (tertiary alicyclic amines) is 1. The van der Waals surface area contributed by atoms with Crippen molar-refractivity contribution in [2.45, 2.75) is 31.8 Å². The van der Waals surface area contributed by atoms with Crippen LogP contribution in [0.1, 0.15) is 31.2 Å². The molecule has 110 valence electrons. The number of nitrogens with zero attached hydrogens (tertiary/aromatic N) is 1. The number of carbonyl (C=O) groups is 1. The molecule has 0 N–H and O–H groups in total. The molecule has 0 bridgehead atoms. The lowest BCUT2D eigenvalue weighted by molar-refractivity contribution is -0.108. The molecule has 4 heteroatoms. The van der Waals surface area contributed by atoms with E-state index in [1.165, 1.54) is 0 Å². The molecule has 2 unspecified atom stereocenters. The molecule has 4 nitrogen and oxygen atoms in total. The molecule has 0 amide bonds. The van der Waals surface area contributed by atoms with Gasteiger partial charge in [-0.15, -0.1) is 0 Å². The highest BCUT2D eigenvalue weighted by molar-refractivity contribution is 5.52. The van der Waals surface area contributed by atoms with Crippen LogP contribution >= 0.6 is 0 Å². The molecule has 20 heavy (non-hydrogen) atoms. The van der Waals surface area contributed by atoms with Crippen LogP contribution in [0.5, 0.6) is 11.5 Å². The topological polar surface area (TPSA) is 38.8 Å². The normalized spacial score (nSPS) is 20.6. The van der Waals surface area contributed by atoms with Gasteiger partial charge in [-0.1, -0.05) is 13.0 Å². The molecule has 2 atom stereocenters. The van der Waals surface area contributed by atoms with Crippen LogP contribution in [0.4, 0.5) is 0 Å². The summed E-state index contributed by atoms with van der Waals surface area (Å²) in [6.07, 6.45) is 2.73. The Kier molecular flexibility index (Phi) is 5.01. The quantitative estimate of drug-likeness (QED) is 0.749. The van der Waals surface area contributed by atoms with Gasteiger partial charge >= 0.3 is 0 Å². The fraction of sp³-hybridized carbons (Fsp3) is 0.562. The number of rotatable bonds is 6. The van der Waals surface area contributed by atoms with Crippen molar-refractivity contribution in [1.29, 1.82) is 0 Å². The van der Waals surface area contributed by atoms with Gasteiger partial charge in [0.15, 0.2) is 11.5 Å². The van der Waals surface area contributed by atoms with Crippen LogP contribution in [0.3, 0.4) is 0 Å². The maximum Gasteiger partial charge on any atom is 0.161 e. The second kappa shape index (κ2) is 6.75. The number of aldehydes is 1. The van der Waals surface area contributed by atoms with Crippen molar-refractivity contribution in [2.75, 3.05) is 27.2 Å². The highest BCUT2D eigenvalue weighted by Crippen LogP contribution is 2.33. The van der Waals surface area contributed by atoms with Crippen molar-refractivity contribution in [2.24, 2.45) is 0 Å². The predicted octanol–water partition coefficient (Wildman–Crippen LogP) is 2.47. The van der Waals surface area contributed by atoms with Crippen molar-refractivity contribution in [3.8, 4) is 11.5 Å². The highest BCUT2D eigenvalue weighted by atomic mass is 16.5. The predicted molar refractivity (Wildman–Crippen MR) is 78.6 cm³/mol. The molecule has 0 aliphatic carbocycles. The Morgan fingerprint density at radius 1 is 1.45 bits per heavy atom. The first-order valence-corrected chi connectivity index (χ1v) is 7.10. The van der Waals surface area contributed by atoms with Gasteiger partial charge in [-0.2, -0.15) is 0 Å². The van der Waals surface area contributed by atoms with Gasteiger partial charge in [0.2, 0.25) is 0 Å². The van der Waals surface area contributed by atoms with E-state index in [2.05, 4.69) is 11.9 Å². The first-order valence-electron chi connectivity index (χ1n) is 7.10. The van der Waals surface area contributed by atoms with Crippen molar-refractivity contribution >= 4 is 6.29 Å². The van der Waals surface area contributed by atoms with Crippen LogP contribution in [0, 0.1) is 0 Å². The Morgan fingerprint density at radius 3 is 2.85 bits per heavy atom. The van der Waals surface area contributed by atoms with Crippen LogP contribution < -0.4 is 9.47 Å². The first-order chi connectivity index (χ1) is 9.63. The highest BCUT2D eigenvalue weighted by Gasteiger charge is 2.22. The molecule has 1 fully saturated rings. The molecule has 1 aromatic rings. The fourth-order valence-corrected chi connectivity index (χ4v) is 2.54. The minimum Gasteiger partial charge on any atom is -0.493 e. The zero-order chi connectivity index (χ0) is 14.5. The minimum absolute atomic E-state index is 0.201. The molecule has 1 aliphatic heterocycles. The molecule has 2 rings (SSSR count). The maximum atomic E-state index is 10.6. The summed E-state index contributed by atoms with van der Waals surface area (Å²) in [4.78, 5) is 12.9. The smallest absolute Gasteiger partial charge is 0.161 e. The number of benzene rings is 1. The second-order valence-electron chi connectivity index (χ2n) is 5.50. The third kappa shape index (κ3) is 3.51. The van der Waals surface area contributed by atoms with Gasteiger partial charge in [0, 0.05) is 19.5 Å². The van der Waals surface area contributed by atoms with Gasteiger partial charge in [-0.3, -0.25) is 0 Å². The standard InChI is InChI=1S/C16H23NO3/c1-12(7-9-18)13-4-5-15(19-3)16(10-13)20-14-6-8-17(2)11-14/h4-5,9-10,12,14H,6-8,11H2,1-3H3. The Labute approximate surface area is 120 Å². The molecule has 0 saturated carbocycles. The summed E-state index contributed by atoms with van der Waals surface area (Å²) in [5.41, 5.74) is 1.11. The lowest BCUT2D eigenvalue weighted by Gasteiger charge is -2.18. The van der Waals surface area contributed by atoms with Gasteiger partial charge < -0.3 is 19.2 Å². The SMILES string of the molecule is COc1ccc(C(C)CC=O)cc1OC1CCN(C)C1. The average Bonchev–Trinajstić information content (AvgIpc) is 2.84. The van der Waals surface area contributed by atoms with Gasteiger partial charge in [0.1, 0.15) is 12.4 Å². The molecule has 0 radical (unpaired) electrons. The second-order valence-corrected chi connectivity index (χ2v) is 5.50. The Hall–Kier alpha value is -1.55. The largest absolute Gasteiger partial charge is 0.493 e. The molecule has 1 saturated heterocycles. The van der Waals surface area contributed by atoms with E-state index < -0.39 is 0 Å². The van der Waals surface area contributed by atoms with Crippen LogP contribution in [-0.4, -0.2) is 44.5 Å². The van der Waals surface area contributed by atoms with Crippen molar-refractivity contribution < 1.29 is 14.3 Å². The molecule has 0 spiro atoms. The van der Waals surface area contributed by atoms with Crippen LogP contribution in [0.25, 0.3) is 0 Å². The van der Waals surface area contributed by atoms with Gasteiger partial charge in [-0.05, 0) is 37.1 Å². The number of likely N-dealkylation sites (N-methyl/N-ethyl adjacent to an activating group) is 1. The van der Waals surface area contributed by atoms with E-state index in [0.717, 1.165) is 42.9 Å². The third-order valence-corrected chi connectivity index (χ3v) is 3.85. The molecule has 0 aromatic heterocycles. The van der Waals surface area contributed by atoms with Crippen LogP contribution in [0.15, 0.2) is 18.2 Å². The lowest BCUT2D eigenvalue weighted by Crippen LogP contribution is -2.21. The van der Waals surface area contributed by atoms with Crippen LogP contribution in [-0.2, 0) is 4.79 Å². The summed E-state index contributed by atoms with van der Waals surface area (Å²) in [7, 11) is 3.75. The molecular weight excluding hydrogens is 254 g/mol. The fourth-order valence-electron chi connectivity index (χ4n) is 2.54. The molecule has 1 aliphatic rings. The third-order valence-electron chi connectivity index (χ3n) is 3.85. The van der Waals surface area contributed by atoms with E-state index in [-0.39, 0.29) is 12.0 Å². The maximum absolute atomic E-state index is 10.6. The van der Waals surface area contributed by atoms with Crippen molar-refractivity contribution in [3.05, 3.63) is 23.8 Å². The van der Waals surface area contributed by atoms with E-state index in [0.29, 0.717) is 6.42 Å². The number of methoxy groups -OCH3 is 1. The monoisotopic (exact) mass is 277 g/mol. The van der Waals surface area contributed by atoms with Crippen molar-refractivity contribution in [1.82, 2.24) is 4.90 Å². The van der Waals surface area contributed by atoms with Crippen LogP contribution in [0.2, 0.25) is 0 Å². The molecular formula is C16H23NO3. The number of carbonyl (C=O) groups excluding carboxylic acids is 1. The number of ether oxygens (including phenoxy) is 2. The summed E-state index contributed by atoms with van der Waals surface area (Å²) in [6, 6.07) is 5.93. The van der Waals surface area contributed by atoms with Gasteiger partial charge in [-0.25, -0.2) is 0 Å². The minimum atomic E-state index is 0.201. The summed E-state index contributed by atoms with van der Waals surface area (Å²) < 4.78 is 11.5. The number of hydrogen-bond donors (Lipinski definition) is 0. The zero-order valence-electron chi connectivity index (χ0n) is 12.5. The number of hydrogen-bond acceptors (Lipinski definition) is 4. The van der Waals surface area contributed by atoms with E-state index in [1.54, 1.807) is 7.11 Å². The zero-order valence-corrected chi connectivity index (χ0v) is 12.5. The Balaban J connectivity index is 2.15. The average molecular weight is 277 g/mol. The van der Waals surface area contributed by atoms with Gasteiger partial charge in [0.25, 0.3) is 0 Å². The molecule has 1 aromatic carbocycles. The van der Waals surface area contributed by atoms with E-state index >= 15 is 0 Å². The van der Waals surface area contributed by atoms with E-state index in [9.17, 15) is 4.79 Å². The first kappa shape index (κ1) is 14.9.